The molecular weight excluding hydrogens is 710 g/mol. The largest absolute Gasteiger partial charge is 1.00 e. The Morgan fingerprint density at radius 2 is 0.907 bits per heavy atom. The molecule has 2 aliphatic heterocycles. The zero-order chi connectivity index (χ0) is 37.8. The zero-order valence-electron chi connectivity index (χ0n) is 29.6. The minimum atomic E-state index is -2.33. The van der Waals surface area contributed by atoms with Gasteiger partial charge in [-0.3, -0.25) is 20.4 Å². The van der Waals surface area contributed by atoms with Crippen LogP contribution in [0.25, 0.3) is 23.3 Å². The van der Waals surface area contributed by atoms with Crippen molar-refractivity contribution in [1.29, 1.82) is 10.8 Å². The molecule has 2 aliphatic rings. The summed E-state index contributed by atoms with van der Waals surface area (Å²) >= 11 is 0. The minimum Gasteiger partial charge on any atom is -0.652 e. The number of Topliss-reactive ketones (excluding diaryl/α,β-unsaturated/α-hetero) is 2. The van der Waals surface area contributed by atoms with Gasteiger partial charge in [0.05, 0.1) is 11.1 Å². The van der Waals surface area contributed by atoms with Crippen LogP contribution in [0.5, 0.6) is 11.5 Å². The second-order valence-electron chi connectivity index (χ2n) is 11.1. The van der Waals surface area contributed by atoms with Gasteiger partial charge in [-0.25, -0.2) is 0 Å². The van der Waals surface area contributed by atoms with E-state index in [1.165, 1.54) is 24.3 Å². The number of carboxylic acid groups (broad SMARTS) is 2. The molecule has 0 spiro atoms. The van der Waals surface area contributed by atoms with E-state index < -0.39 is 6.16 Å². The van der Waals surface area contributed by atoms with Gasteiger partial charge in [-0.15, -0.1) is 0 Å². The SMILES string of the molecule is N=C(N)/C(=C\c1ccc(O)cc1)C(=O)C1=CCNc2ccccc21.N=C(N)/C(=C\c1ccc(O)cc1)C(=O)C1=CCNc2ccccc21.O=C([O-])[O-].[Na+].[Na+]. The number of nitrogens with two attached hydrogens (primary N) is 2. The van der Waals surface area contributed by atoms with E-state index in [0.29, 0.717) is 35.4 Å². The summed E-state index contributed by atoms with van der Waals surface area (Å²) in [7, 11) is 0. The number of benzene rings is 4. The second kappa shape index (κ2) is 21.3. The molecule has 0 atom stereocenters. The smallest absolute Gasteiger partial charge is 0.652 e. The third-order valence-corrected chi connectivity index (χ3v) is 7.60. The van der Waals surface area contributed by atoms with Crippen molar-refractivity contribution in [3.63, 3.8) is 0 Å². The van der Waals surface area contributed by atoms with Crippen molar-refractivity contribution < 1.29 is 93.9 Å². The van der Waals surface area contributed by atoms with Crippen LogP contribution in [-0.2, 0) is 9.59 Å². The number of nitrogens with one attached hydrogen (secondary N) is 4. The number of para-hydroxylation sites is 2. The Labute approximate surface area is 355 Å². The summed E-state index contributed by atoms with van der Waals surface area (Å²) < 4.78 is 0. The molecule has 0 saturated heterocycles. The number of hydrogen-bond acceptors (Lipinski definition) is 11. The quantitative estimate of drug-likeness (QED) is 0.0394. The van der Waals surface area contributed by atoms with E-state index in [4.69, 9.17) is 37.3 Å². The van der Waals surface area contributed by atoms with Gasteiger partial charge in [0.2, 0.25) is 0 Å². The first-order valence-corrected chi connectivity index (χ1v) is 15.6. The van der Waals surface area contributed by atoms with Gasteiger partial charge in [0, 0.05) is 46.7 Å². The van der Waals surface area contributed by atoms with Crippen LogP contribution in [0, 0.1) is 10.8 Å². The summed E-state index contributed by atoms with van der Waals surface area (Å²) in [5.74, 6) is -0.875. The number of hydrogen-bond donors (Lipinski definition) is 8. The number of ketones is 2. The summed E-state index contributed by atoms with van der Waals surface area (Å²) in [5.41, 5.74) is 17.4. The molecule has 2 heterocycles. The van der Waals surface area contributed by atoms with Crippen molar-refractivity contribution in [1.82, 2.24) is 0 Å². The first kappa shape index (κ1) is 44.7. The van der Waals surface area contributed by atoms with Crippen LogP contribution < -0.4 is 91.4 Å². The van der Waals surface area contributed by atoms with E-state index in [0.717, 1.165) is 22.5 Å². The van der Waals surface area contributed by atoms with E-state index in [1.807, 2.05) is 48.5 Å². The Morgan fingerprint density at radius 3 is 1.22 bits per heavy atom. The number of anilines is 2. The maximum Gasteiger partial charge on any atom is 1.00 e. The third-order valence-electron chi connectivity index (χ3n) is 7.60. The molecule has 0 aliphatic carbocycles. The van der Waals surface area contributed by atoms with Crippen molar-refractivity contribution in [2.45, 2.75) is 0 Å². The molecule has 10 N–H and O–H groups in total. The monoisotopic (exact) mass is 744 g/mol. The summed E-state index contributed by atoms with van der Waals surface area (Å²) in [6.07, 6.45) is 4.40. The van der Waals surface area contributed by atoms with Gasteiger partial charge in [-0.05, 0) is 65.8 Å². The van der Waals surface area contributed by atoms with Crippen molar-refractivity contribution in [3.05, 3.63) is 143 Å². The van der Waals surface area contributed by atoms with Gasteiger partial charge in [0.25, 0.3) is 0 Å². The molecule has 0 bridgehead atoms. The third kappa shape index (κ3) is 12.3. The van der Waals surface area contributed by atoms with Crippen LogP contribution in [0.1, 0.15) is 22.3 Å². The van der Waals surface area contributed by atoms with Crippen LogP contribution in [0.4, 0.5) is 16.2 Å². The maximum atomic E-state index is 12.9. The number of rotatable bonds is 8. The Bertz CT molecular complexity index is 1990. The van der Waals surface area contributed by atoms with Gasteiger partial charge in [-0.1, -0.05) is 72.8 Å². The number of phenolic OH excluding ortho intramolecular Hbond substituents is 2. The zero-order valence-corrected chi connectivity index (χ0v) is 33.6. The fraction of sp³-hybridized carbons (Fsp3) is 0.0513. The van der Waals surface area contributed by atoms with Gasteiger partial charge in [0.1, 0.15) is 23.2 Å². The normalized spacial score (nSPS) is 12.4. The number of aromatic hydroxyl groups is 2. The standard InChI is InChI=1S/2C19H17N3O2.CH2O3.2Na/c2*20-19(21)16(11-12-5-7-13(23)8-6-12)18(24)15-9-10-22-17-4-2-1-3-14(15)17;2-1(3)4;;/h2*1-9,11,22-23H,10H2,(H3,20,21);(H2,2,3,4);;/q;;;2*+1/p-2/b2*16-11-;;;. The number of carbonyl (C=O) groups is 3. The predicted molar refractivity (Wildman–Crippen MR) is 197 cm³/mol. The van der Waals surface area contributed by atoms with Crippen LogP contribution in [0.15, 0.2) is 120 Å². The van der Waals surface area contributed by atoms with Crippen molar-refractivity contribution in [2.24, 2.45) is 11.5 Å². The maximum absolute atomic E-state index is 12.9. The average molecular weight is 745 g/mol. The van der Waals surface area contributed by atoms with Crippen molar-refractivity contribution in [2.75, 3.05) is 23.7 Å². The van der Waals surface area contributed by atoms with E-state index in [1.54, 1.807) is 48.6 Å². The van der Waals surface area contributed by atoms with Crippen molar-refractivity contribution in [3.8, 4) is 11.5 Å². The van der Waals surface area contributed by atoms with Gasteiger partial charge in [-0.2, -0.15) is 0 Å². The number of allylic oxidation sites excluding steroid dienone is 2. The topological polar surface area (TPSA) is 262 Å². The van der Waals surface area contributed by atoms with E-state index in [9.17, 15) is 19.8 Å². The second-order valence-corrected chi connectivity index (χ2v) is 11.1. The molecule has 13 nitrogen and oxygen atoms in total. The summed E-state index contributed by atoms with van der Waals surface area (Å²) in [6.45, 7) is 1.09. The van der Waals surface area contributed by atoms with Gasteiger partial charge >= 0.3 is 59.1 Å². The number of amidine groups is 2. The Kier molecular flexibility index (Phi) is 17.7. The molecule has 264 valence electrons. The molecular formula is C39H34N6Na2O7. The fourth-order valence-electron chi connectivity index (χ4n) is 5.22. The molecule has 0 saturated carbocycles. The Balaban J connectivity index is 0.000000329. The molecule has 0 fully saturated rings. The molecule has 0 radical (unpaired) electrons. The summed E-state index contributed by atoms with van der Waals surface area (Å²) in [5, 5.41) is 57.3. The number of phenols is 2. The predicted octanol–water partition coefficient (Wildman–Crippen LogP) is -2.86. The van der Waals surface area contributed by atoms with Crippen molar-refractivity contribution >= 4 is 64.1 Å². The molecule has 4 aromatic rings. The Morgan fingerprint density at radius 1 is 0.593 bits per heavy atom. The van der Waals surface area contributed by atoms with Crippen LogP contribution in [0.3, 0.4) is 0 Å². The summed E-state index contributed by atoms with van der Waals surface area (Å²) in [4.78, 5) is 34.2. The average Bonchev–Trinajstić information content (AvgIpc) is 3.13. The molecule has 0 unspecified atom stereocenters. The van der Waals surface area contributed by atoms with Gasteiger partial charge in [0.15, 0.2) is 11.6 Å². The molecule has 0 amide bonds. The molecule has 15 heteroatoms. The fourth-order valence-corrected chi connectivity index (χ4v) is 5.22. The molecule has 4 aromatic carbocycles. The Hall–Kier alpha value is -5.41. The van der Waals surface area contributed by atoms with Crippen LogP contribution >= 0.6 is 0 Å². The van der Waals surface area contributed by atoms with E-state index in [2.05, 4.69) is 10.6 Å². The molecule has 54 heavy (non-hydrogen) atoms. The van der Waals surface area contributed by atoms with E-state index >= 15 is 0 Å². The van der Waals surface area contributed by atoms with Gasteiger partial charge < -0.3 is 47.3 Å². The first-order chi connectivity index (χ1) is 24.8. The number of carbonyl (C=O) groups excluding carboxylic acids is 3. The molecule has 6 rings (SSSR count). The first-order valence-electron chi connectivity index (χ1n) is 15.6. The summed E-state index contributed by atoms with van der Waals surface area (Å²) in [6, 6.07) is 27.8. The van der Waals surface area contributed by atoms with Crippen LogP contribution in [-0.4, -0.2) is 52.7 Å². The van der Waals surface area contributed by atoms with Crippen LogP contribution in [0.2, 0.25) is 0 Å². The molecule has 0 aromatic heterocycles. The minimum absolute atomic E-state index is 0. The van der Waals surface area contributed by atoms with E-state index in [-0.39, 0.29) is 105 Å². The number of fused-ring (bicyclic) bond motifs is 2.